The number of para-hydroxylation sites is 1. The van der Waals surface area contributed by atoms with Crippen molar-refractivity contribution in [3.63, 3.8) is 0 Å². The minimum absolute atomic E-state index is 0.895. The number of hydrogen-bond acceptors (Lipinski definition) is 3. The van der Waals surface area contributed by atoms with Crippen LogP contribution in [0.15, 0.2) is 156 Å². The number of furan rings is 1. The molecular formula is C40H25NOS. The minimum atomic E-state index is 0.895. The molecule has 9 aromatic rings. The number of hydrogen-bond donors (Lipinski definition) is 0. The Morgan fingerprint density at radius 3 is 2.09 bits per heavy atom. The fourth-order valence-corrected chi connectivity index (χ4v) is 7.62. The molecule has 0 atom stereocenters. The Morgan fingerprint density at radius 1 is 0.465 bits per heavy atom. The van der Waals surface area contributed by atoms with Crippen molar-refractivity contribution < 1.29 is 4.42 Å². The molecule has 43 heavy (non-hydrogen) atoms. The monoisotopic (exact) mass is 567 g/mol. The maximum absolute atomic E-state index is 6.37. The second-order valence-corrected chi connectivity index (χ2v) is 12.0. The van der Waals surface area contributed by atoms with Crippen molar-refractivity contribution in [1.29, 1.82) is 0 Å². The highest BCUT2D eigenvalue weighted by Gasteiger charge is 2.20. The topological polar surface area (TPSA) is 16.4 Å². The van der Waals surface area contributed by atoms with E-state index in [0.717, 1.165) is 39.0 Å². The molecule has 3 heteroatoms. The van der Waals surface area contributed by atoms with Crippen LogP contribution in [0.25, 0.3) is 64.0 Å². The molecule has 0 fully saturated rings. The normalized spacial score (nSPS) is 11.7. The molecule has 0 aliphatic carbocycles. The van der Waals surface area contributed by atoms with Gasteiger partial charge in [-0.3, -0.25) is 0 Å². The lowest BCUT2D eigenvalue weighted by Crippen LogP contribution is -2.11. The summed E-state index contributed by atoms with van der Waals surface area (Å²) in [6.45, 7) is 0. The van der Waals surface area contributed by atoms with Crippen LogP contribution >= 0.6 is 11.3 Å². The van der Waals surface area contributed by atoms with Gasteiger partial charge in [0.05, 0.1) is 5.69 Å². The Kier molecular flexibility index (Phi) is 5.40. The van der Waals surface area contributed by atoms with Gasteiger partial charge in [-0.2, -0.15) is 0 Å². The second-order valence-electron chi connectivity index (χ2n) is 10.9. The molecule has 0 spiro atoms. The average Bonchev–Trinajstić information content (AvgIpc) is 3.63. The number of rotatable bonds is 4. The predicted octanol–water partition coefficient (Wildman–Crippen LogP) is 12.2. The molecule has 0 amide bonds. The SMILES string of the molecule is c1ccc(-c2ccccc2N(c2ccc3c(c2)sc2ccccc23)c2ccc3oc4ccc5ccccc5c4c3c2)cc1. The van der Waals surface area contributed by atoms with Gasteiger partial charge in [-0.25, -0.2) is 0 Å². The van der Waals surface area contributed by atoms with Crippen LogP contribution in [-0.4, -0.2) is 0 Å². The Morgan fingerprint density at radius 2 is 1.16 bits per heavy atom. The van der Waals surface area contributed by atoms with Crippen LogP contribution in [0, 0.1) is 0 Å². The van der Waals surface area contributed by atoms with Gasteiger partial charge in [0, 0.05) is 47.9 Å². The Labute approximate surface area is 252 Å². The van der Waals surface area contributed by atoms with Crippen molar-refractivity contribution in [2.75, 3.05) is 4.90 Å². The highest BCUT2D eigenvalue weighted by atomic mass is 32.1. The molecule has 0 aliphatic rings. The molecule has 2 nitrogen and oxygen atoms in total. The molecule has 0 N–H and O–H groups in total. The van der Waals surface area contributed by atoms with E-state index in [1.54, 1.807) is 0 Å². The molecule has 7 aromatic carbocycles. The second kappa shape index (κ2) is 9.59. The van der Waals surface area contributed by atoms with Gasteiger partial charge in [0.1, 0.15) is 11.2 Å². The van der Waals surface area contributed by atoms with Gasteiger partial charge >= 0.3 is 0 Å². The summed E-state index contributed by atoms with van der Waals surface area (Å²) in [5.74, 6) is 0. The summed E-state index contributed by atoms with van der Waals surface area (Å²) in [5, 5.41) is 7.30. The first-order valence-electron chi connectivity index (χ1n) is 14.5. The van der Waals surface area contributed by atoms with Crippen LogP contribution in [0.1, 0.15) is 0 Å². The summed E-state index contributed by atoms with van der Waals surface area (Å²) in [5.41, 5.74) is 7.52. The van der Waals surface area contributed by atoms with Crippen LogP contribution in [0.2, 0.25) is 0 Å². The maximum Gasteiger partial charge on any atom is 0.136 e. The van der Waals surface area contributed by atoms with Crippen molar-refractivity contribution in [2.24, 2.45) is 0 Å². The zero-order valence-electron chi connectivity index (χ0n) is 23.2. The lowest BCUT2D eigenvalue weighted by molar-refractivity contribution is 0.669. The highest BCUT2D eigenvalue weighted by Crippen LogP contribution is 2.45. The molecule has 2 aromatic heterocycles. The van der Waals surface area contributed by atoms with Crippen LogP contribution < -0.4 is 4.90 Å². The van der Waals surface area contributed by atoms with Gasteiger partial charge in [0.25, 0.3) is 0 Å². The molecule has 0 bridgehead atoms. The average molecular weight is 568 g/mol. The number of benzene rings is 7. The maximum atomic E-state index is 6.37. The molecular weight excluding hydrogens is 543 g/mol. The molecule has 0 unspecified atom stereocenters. The zero-order valence-corrected chi connectivity index (χ0v) is 24.0. The molecule has 0 radical (unpaired) electrons. The van der Waals surface area contributed by atoms with Gasteiger partial charge in [-0.15, -0.1) is 11.3 Å². The van der Waals surface area contributed by atoms with E-state index < -0.39 is 0 Å². The summed E-state index contributed by atoms with van der Waals surface area (Å²) in [6.07, 6.45) is 0. The summed E-state index contributed by atoms with van der Waals surface area (Å²) in [4.78, 5) is 2.40. The third-order valence-corrected chi connectivity index (χ3v) is 9.59. The van der Waals surface area contributed by atoms with Crippen molar-refractivity contribution in [2.45, 2.75) is 0 Å². The van der Waals surface area contributed by atoms with Crippen LogP contribution in [0.3, 0.4) is 0 Å². The third kappa shape index (κ3) is 3.86. The van der Waals surface area contributed by atoms with Gasteiger partial charge in [-0.05, 0) is 64.9 Å². The highest BCUT2D eigenvalue weighted by molar-refractivity contribution is 7.25. The van der Waals surface area contributed by atoms with Crippen LogP contribution in [-0.2, 0) is 0 Å². The van der Waals surface area contributed by atoms with Gasteiger partial charge in [0.2, 0.25) is 0 Å². The summed E-state index contributed by atoms with van der Waals surface area (Å²) >= 11 is 1.85. The van der Waals surface area contributed by atoms with E-state index in [2.05, 4.69) is 157 Å². The molecule has 202 valence electrons. The number of nitrogens with zero attached hydrogens (tertiary/aromatic N) is 1. The van der Waals surface area contributed by atoms with E-state index >= 15 is 0 Å². The van der Waals surface area contributed by atoms with E-state index in [0.29, 0.717) is 0 Å². The quantitative estimate of drug-likeness (QED) is 0.210. The zero-order chi connectivity index (χ0) is 28.3. The number of anilines is 3. The van der Waals surface area contributed by atoms with E-state index in [4.69, 9.17) is 4.42 Å². The van der Waals surface area contributed by atoms with Crippen molar-refractivity contribution in [1.82, 2.24) is 0 Å². The molecule has 2 heterocycles. The lowest BCUT2D eigenvalue weighted by atomic mass is 10.0. The Hall–Kier alpha value is -5.38. The number of fused-ring (bicyclic) bond motifs is 8. The van der Waals surface area contributed by atoms with Gasteiger partial charge in [-0.1, -0.05) is 103 Å². The van der Waals surface area contributed by atoms with E-state index in [1.807, 2.05) is 11.3 Å². The first-order valence-corrected chi connectivity index (χ1v) is 15.3. The first kappa shape index (κ1) is 24.2. The van der Waals surface area contributed by atoms with Crippen molar-refractivity contribution in [3.05, 3.63) is 152 Å². The van der Waals surface area contributed by atoms with Gasteiger partial charge < -0.3 is 9.32 Å². The summed E-state index contributed by atoms with van der Waals surface area (Å²) < 4.78 is 8.96. The van der Waals surface area contributed by atoms with Crippen molar-refractivity contribution in [3.8, 4) is 11.1 Å². The van der Waals surface area contributed by atoms with E-state index in [-0.39, 0.29) is 0 Å². The van der Waals surface area contributed by atoms with Crippen molar-refractivity contribution >= 4 is 81.3 Å². The standard InChI is InChI=1S/C40H25NOS/c1-2-10-26(11-3-1)30-13-6-8-16-35(30)41(29-19-21-33-32-15-7-9-17-38(32)43-39(33)25-29)28-20-23-36-34(24-28)40-31-14-5-4-12-27(31)18-22-37(40)42-36/h1-25H. The molecule has 9 rings (SSSR count). The summed E-state index contributed by atoms with van der Waals surface area (Å²) in [7, 11) is 0. The number of thiophene rings is 1. The molecule has 0 saturated carbocycles. The smallest absolute Gasteiger partial charge is 0.136 e. The first-order chi connectivity index (χ1) is 21.3. The Balaban J connectivity index is 1.33. The lowest BCUT2D eigenvalue weighted by Gasteiger charge is -2.28. The predicted molar refractivity (Wildman–Crippen MR) is 184 cm³/mol. The fourth-order valence-electron chi connectivity index (χ4n) is 6.49. The minimum Gasteiger partial charge on any atom is -0.456 e. The third-order valence-electron chi connectivity index (χ3n) is 8.45. The van der Waals surface area contributed by atoms with Crippen LogP contribution in [0.4, 0.5) is 17.1 Å². The summed E-state index contributed by atoms with van der Waals surface area (Å²) in [6, 6.07) is 54.3. The Bertz CT molecular complexity index is 2470. The van der Waals surface area contributed by atoms with Gasteiger partial charge in [0.15, 0.2) is 0 Å². The fraction of sp³-hybridized carbons (Fsp3) is 0. The largest absolute Gasteiger partial charge is 0.456 e. The van der Waals surface area contributed by atoms with E-state index in [9.17, 15) is 0 Å². The van der Waals surface area contributed by atoms with Crippen LogP contribution in [0.5, 0.6) is 0 Å². The molecule has 0 aliphatic heterocycles. The van der Waals surface area contributed by atoms with E-state index in [1.165, 1.54) is 42.1 Å². The molecule has 0 saturated heterocycles.